The van der Waals surface area contributed by atoms with Crippen LogP contribution in [0.4, 0.5) is 11.6 Å². The van der Waals surface area contributed by atoms with Gasteiger partial charge in [-0.05, 0) is 13.3 Å². The Kier molecular flexibility index (Phi) is 7.16. The van der Waals surface area contributed by atoms with E-state index in [2.05, 4.69) is 32.8 Å². The molecule has 0 saturated heterocycles. The highest BCUT2D eigenvalue weighted by Crippen LogP contribution is 2.28. The van der Waals surface area contributed by atoms with Crippen molar-refractivity contribution in [2.24, 2.45) is 0 Å². The average molecular weight is 281 g/mol. The topological polar surface area (TPSA) is 88.2 Å². The second-order valence-corrected chi connectivity index (χ2v) is 4.16. The van der Waals surface area contributed by atoms with Gasteiger partial charge in [-0.15, -0.1) is 0 Å². The molecular formula is C13H23N5O2. The average Bonchev–Trinajstić information content (AvgIpc) is 2.45. The SMILES string of the molecule is CCCNc1ncnc(NCCC(=O)NCC)c1OC. The number of nitrogens with one attached hydrogen (secondary N) is 3. The Balaban J connectivity index is 2.62. The first-order valence-corrected chi connectivity index (χ1v) is 6.86. The lowest BCUT2D eigenvalue weighted by Gasteiger charge is -2.13. The second-order valence-electron chi connectivity index (χ2n) is 4.16. The third-order valence-electron chi connectivity index (χ3n) is 2.57. The fourth-order valence-electron chi connectivity index (χ4n) is 1.64. The lowest BCUT2D eigenvalue weighted by Crippen LogP contribution is -2.25. The molecule has 0 bridgehead atoms. The van der Waals surface area contributed by atoms with Crippen LogP contribution in [0.25, 0.3) is 0 Å². The zero-order valence-corrected chi connectivity index (χ0v) is 12.3. The lowest BCUT2D eigenvalue weighted by atomic mass is 10.3. The van der Waals surface area contributed by atoms with E-state index in [1.165, 1.54) is 6.33 Å². The van der Waals surface area contributed by atoms with Crippen molar-refractivity contribution in [3.8, 4) is 5.75 Å². The first-order valence-electron chi connectivity index (χ1n) is 6.86. The van der Waals surface area contributed by atoms with Crippen LogP contribution < -0.4 is 20.7 Å². The minimum atomic E-state index is 0.0114. The second kappa shape index (κ2) is 8.95. The van der Waals surface area contributed by atoms with Crippen LogP contribution in [-0.4, -0.2) is 42.6 Å². The summed E-state index contributed by atoms with van der Waals surface area (Å²) in [5.41, 5.74) is 0. The number of aromatic nitrogens is 2. The van der Waals surface area contributed by atoms with E-state index in [-0.39, 0.29) is 5.91 Å². The van der Waals surface area contributed by atoms with Crippen molar-refractivity contribution in [2.75, 3.05) is 37.4 Å². The Morgan fingerprint density at radius 3 is 2.40 bits per heavy atom. The number of hydrogen-bond acceptors (Lipinski definition) is 6. The Morgan fingerprint density at radius 2 is 1.85 bits per heavy atom. The van der Waals surface area contributed by atoms with Crippen LogP contribution in [0.1, 0.15) is 26.7 Å². The van der Waals surface area contributed by atoms with Crippen molar-refractivity contribution in [1.29, 1.82) is 0 Å². The molecule has 3 N–H and O–H groups in total. The van der Waals surface area contributed by atoms with Gasteiger partial charge in [0.05, 0.1) is 7.11 Å². The number of carbonyl (C=O) groups excluding carboxylic acids is 1. The Morgan fingerprint density at radius 1 is 1.20 bits per heavy atom. The number of carbonyl (C=O) groups is 1. The minimum absolute atomic E-state index is 0.0114. The van der Waals surface area contributed by atoms with Gasteiger partial charge in [0.15, 0.2) is 11.6 Å². The summed E-state index contributed by atoms with van der Waals surface area (Å²) in [5, 5.41) is 9.02. The maximum Gasteiger partial charge on any atom is 0.221 e. The summed E-state index contributed by atoms with van der Waals surface area (Å²) < 4.78 is 5.33. The van der Waals surface area contributed by atoms with Crippen molar-refractivity contribution < 1.29 is 9.53 Å². The molecule has 0 aliphatic carbocycles. The molecule has 1 heterocycles. The van der Waals surface area contributed by atoms with Gasteiger partial charge in [0.25, 0.3) is 0 Å². The van der Waals surface area contributed by atoms with Crippen LogP contribution in [-0.2, 0) is 4.79 Å². The highest BCUT2D eigenvalue weighted by molar-refractivity contribution is 5.76. The summed E-state index contributed by atoms with van der Waals surface area (Å²) in [6, 6.07) is 0. The van der Waals surface area contributed by atoms with E-state index in [9.17, 15) is 4.79 Å². The molecule has 1 rings (SSSR count). The van der Waals surface area contributed by atoms with Crippen LogP contribution in [0.2, 0.25) is 0 Å². The molecule has 0 fully saturated rings. The summed E-state index contributed by atoms with van der Waals surface area (Å²) in [4.78, 5) is 19.7. The smallest absolute Gasteiger partial charge is 0.221 e. The highest BCUT2D eigenvalue weighted by Gasteiger charge is 2.11. The number of rotatable bonds is 9. The molecular weight excluding hydrogens is 258 g/mol. The lowest BCUT2D eigenvalue weighted by molar-refractivity contribution is -0.120. The van der Waals surface area contributed by atoms with E-state index in [0.29, 0.717) is 36.9 Å². The molecule has 0 unspecified atom stereocenters. The number of nitrogens with zero attached hydrogens (tertiary/aromatic N) is 2. The quantitative estimate of drug-likeness (QED) is 0.631. The zero-order valence-electron chi connectivity index (χ0n) is 12.3. The van der Waals surface area contributed by atoms with Crippen molar-refractivity contribution in [3.05, 3.63) is 6.33 Å². The molecule has 112 valence electrons. The fraction of sp³-hybridized carbons (Fsp3) is 0.615. The molecule has 0 aromatic carbocycles. The number of ether oxygens (including phenoxy) is 1. The molecule has 0 aliphatic heterocycles. The van der Waals surface area contributed by atoms with Crippen molar-refractivity contribution in [2.45, 2.75) is 26.7 Å². The van der Waals surface area contributed by atoms with E-state index in [1.807, 2.05) is 6.92 Å². The van der Waals surface area contributed by atoms with E-state index in [4.69, 9.17) is 4.74 Å². The van der Waals surface area contributed by atoms with Gasteiger partial charge in [0.1, 0.15) is 6.33 Å². The van der Waals surface area contributed by atoms with E-state index in [1.54, 1.807) is 7.11 Å². The maximum atomic E-state index is 11.4. The number of amides is 1. The molecule has 0 aliphatic rings. The van der Waals surface area contributed by atoms with E-state index in [0.717, 1.165) is 13.0 Å². The van der Waals surface area contributed by atoms with Crippen LogP contribution in [0.3, 0.4) is 0 Å². The van der Waals surface area contributed by atoms with Gasteiger partial charge in [-0.3, -0.25) is 4.79 Å². The summed E-state index contributed by atoms with van der Waals surface area (Å²) in [6.45, 7) is 5.91. The molecule has 7 heteroatoms. The normalized spacial score (nSPS) is 9.95. The number of anilines is 2. The zero-order chi connectivity index (χ0) is 14.8. The largest absolute Gasteiger partial charge is 0.490 e. The molecule has 1 amide bonds. The van der Waals surface area contributed by atoms with Gasteiger partial charge in [-0.1, -0.05) is 6.92 Å². The third kappa shape index (κ3) is 4.91. The van der Waals surface area contributed by atoms with Crippen molar-refractivity contribution in [1.82, 2.24) is 15.3 Å². The van der Waals surface area contributed by atoms with Crippen molar-refractivity contribution >= 4 is 17.5 Å². The standard InChI is InChI=1S/C13H23N5O2/c1-4-7-15-12-11(20-3)13(18-9-17-12)16-8-6-10(19)14-5-2/h9H,4-8H2,1-3H3,(H,14,19)(H2,15,16,17,18). The summed E-state index contributed by atoms with van der Waals surface area (Å²) in [7, 11) is 1.57. The van der Waals surface area contributed by atoms with Gasteiger partial charge in [0.2, 0.25) is 11.7 Å². The van der Waals surface area contributed by atoms with E-state index < -0.39 is 0 Å². The Labute approximate surface area is 119 Å². The van der Waals surface area contributed by atoms with Gasteiger partial charge >= 0.3 is 0 Å². The Bertz CT molecular complexity index is 425. The molecule has 0 saturated carbocycles. The first-order chi connectivity index (χ1) is 9.72. The van der Waals surface area contributed by atoms with Gasteiger partial charge in [-0.25, -0.2) is 9.97 Å². The van der Waals surface area contributed by atoms with Gasteiger partial charge < -0.3 is 20.7 Å². The molecule has 1 aromatic heterocycles. The maximum absolute atomic E-state index is 11.4. The van der Waals surface area contributed by atoms with Crippen LogP contribution in [0, 0.1) is 0 Å². The summed E-state index contributed by atoms with van der Waals surface area (Å²) in [6.07, 6.45) is 2.85. The monoisotopic (exact) mass is 281 g/mol. The minimum Gasteiger partial charge on any atom is -0.490 e. The molecule has 1 aromatic rings. The van der Waals surface area contributed by atoms with Crippen LogP contribution in [0.5, 0.6) is 5.75 Å². The first kappa shape index (κ1) is 16.0. The summed E-state index contributed by atoms with van der Waals surface area (Å²) >= 11 is 0. The fourth-order valence-corrected chi connectivity index (χ4v) is 1.64. The van der Waals surface area contributed by atoms with E-state index >= 15 is 0 Å². The predicted molar refractivity (Wildman–Crippen MR) is 79.2 cm³/mol. The molecule has 0 atom stereocenters. The molecule has 0 spiro atoms. The van der Waals surface area contributed by atoms with Crippen LogP contribution in [0.15, 0.2) is 6.33 Å². The van der Waals surface area contributed by atoms with Crippen LogP contribution >= 0.6 is 0 Å². The molecule has 7 nitrogen and oxygen atoms in total. The summed E-state index contributed by atoms with van der Waals surface area (Å²) in [5.74, 6) is 1.82. The number of methoxy groups -OCH3 is 1. The molecule has 20 heavy (non-hydrogen) atoms. The van der Waals surface area contributed by atoms with Crippen molar-refractivity contribution in [3.63, 3.8) is 0 Å². The Hall–Kier alpha value is -2.05. The predicted octanol–water partition coefficient (Wildman–Crippen LogP) is 1.25. The molecule has 0 radical (unpaired) electrons. The highest BCUT2D eigenvalue weighted by atomic mass is 16.5. The van der Waals surface area contributed by atoms with Gasteiger partial charge in [-0.2, -0.15) is 0 Å². The third-order valence-corrected chi connectivity index (χ3v) is 2.57. The van der Waals surface area contributed by atoms with Gasteiger partial charge in [0, 0.05) is 26.1 Å². The number of hydrogen-bond donors (Lipinski definition) is 3.